The Hall–Kier alpha value is -2.11. The first-order valence-electron chi connectivity index (χ1n) is 7.21. The fraction of sp³-hybridized carbons (Fsp3) is 0.167. The molecule has 3 heterocycles. The van der Waals surface area contributed by atoms with E-state index in [1.54, 1.807) is 32.4 Å². The van der Waals surface area contributed by atoms with Gasteiger partial charge in [0.15, 0.2) is 0 Å². The lowest BCUT2D eigenvalue weighted by molar-refractivity contribution is 0.0740. The van der Waals surface area contributed by atoms with Crippen LogP contribution in [0.2, 0.25) is 0 Å². The molecule has 0 amide bonds. The molecule has 0 spiro atoms. The maximum atomic E-state index is 10.4. The van der Waals surface area contributed by atoms with Crippen molar-refractivity contribution in [1.29, 1.82) is 0 Å². The van der Waals surface area contributed by atoms with Gasteiger partial charge in [-0.1, -0.05) is 6.07 Å². The van der Waals surface area contributed by atoms with Crippen molar-refractivity contribution in [1.82, 2.24) is 15.0 Å². The van der Waals surface area contributed by atoms with E-state index < -0.39 is 5.60 Å². The Balaban J connectivity index is 2.20. The molecular formula is C18H16BrN3O. The van der Waals surface area contributed by atoms with Gasteiger partial charge in [-0.3, -0.25) is 9.97 Å². The topological polar surface area (TPSA) is 58.9 Å². The fourth-order valence-corrected chi connectivity index (χ4v) is 2.59. The van der Waals surface area contributed by atoms with Crippen molar-refractivity contribution in [3.8, 4) is 22.5 Å². The van der Waals surface area contributed by atoms with Crippen LogP contribution in [0, 0.1) is 0 Å². The summed E-state index contributed by atoms with van der Waals surface area (Å²) in [6, 6.07) is 11.5. The summed E-state index contributed by atoms with van der Waals surface area (Å²) in [5, 5.41) is 10.4. The molecule has 23 heavy (non-hydrogen) atoms. The van der Waals surface area contributed by atoms with Gasteiger partial charge < -0.3 is 5.11 Å². The third-order valence-corrected chi connectivity index (χ3v) is 3.85. The molecule has 116 valence electrons. The number of rotatable bonds is 3. The third kappa shape index (κ3) is 3.63. The van der Waals surface area contributed by atoms with E-state index in [0.29, 0.717) is 5.69 Å². The van der Waals surface area contributed by atoms with Crippen molar-refractivity contribution < 1.29 is 5.11 Å². The minimum absolute atomic E-state index is 0.593. The van der Waals surface area contributed by atoms with Crippen LogP contribution in [-0.2, 0) is 5.60 Å². The molecule has 0 aromatic carbocycles. The lowest BCUT2D eigenvalue weighted by atomic mass is 9.98. The van der Waals surface area contributed by atoms with Crippen LogP contribution in [0.25, 0.3) is 22.5 Å². The molecule has 3 aromatic heterocycles. The van der Waals surface area contributed by atoms with E-state index in [1.807, 2.05) is 36.4 Å². The SMILES string of the molecule is CC(C)(O)c1cc(-c2cncc(Br)c2)cc(-c2ccccn2)n1. The molecule has 3 aromatic rings. The van der Waals surface area contributed by atoms with E-state index in [9.17, 15) is 5.11 Å². The lowest BCUT2D eigenvalue weighted by Crippen LogP contribution is -2.18. The number of aromatic nitrogens is 3. The first kappa shape index (κ1) is 15.8. The summed E-state index contributed by atoms with van der Waals surface area (Å²) in [5.74, 6) is 0. The highest BCUT2D eigenvalue weighted by Gasteiger charge is 2.20. The summed E-state index contributed by atoms with van der Waals surface area (Å²) in [7, 11) is 0. The molecule has 4 nitrogen and oxygen atoms in total. The van der Waals surface area contributed by atoms with Gasteiger partial charge in [0, 0.05) is 28.6 Å². The van der Waals surface area contributed by atoms with Gasteiger partial charge in [0.25, 0.3) is 0 Å². The number of pyridine rings is 3. The average Bonchev–Trinajstić information content (AvgIpc) is 2.54. The first-order valence-corrected chi connectivity index (χ1v) is 8.00. The quantitative estimate of drug-likeness (QED) is 0.751. The smallest absolute Gasteiger partial charge is 0.101 e. The van der Waals surface area contributed by atoms with Gasteiger partial charge in [-0.2, -0.15) is 0 Å². The molecule has 0 aliphatic rings. The molecule has 5 heteroatoms. The van der Waals surface area contributed by atoms with Crippen molar-refractivity contribution >= 4 is 15.9 Å². The summed E-state index contributed by atoms with van der Waals surface area (Å²) < 4.78 is 0.899. The number of hydrogen-bond acceptors (Lipinski definition) is 4. The summed E-state index contributed by atoms with van der Waals surface area (Å²) >= 11 is 3.44. The monoisotopic (exact) mass is 369 g/mol. The maximum Gasteiger partial charge on any atom is 0.101 e. The summed E-state index contributed by atoms with van der Waals surface area (Å²) in [6.07, 6.45) is 5.26. The molecular weight excluding hydrogens is 354 g/mol. The van der Waals surface area contributed by atoms with Gasteiger partial charge in [0.2, 0.25) is 0 Å². The van der Waals surface area contributed by atoms with Gasteiger partial charge in [-0.25, -0.2) is 4.98 Å². The number of halogens is 1. The molecule has 0 atom stereocenters. The lowest BCUT2D eigenvalue weighted by Gasteiger charge is -2.19. The van der Waals surface area contributed by atoms with Crippen molar-refractivity contribution in [3.05, 3.63) is 65.2 Å². The highest BCUT2D eigenvalue weighted by Crippen LogP contribution is 2.29. The third-order valence-electron chi connectivity index (χ3n) is 3.42. The van der Waals surface area contributed by atoms with E-state index in [0.717, 1.165) is 27.0 Å². The normalized spacial score (nSPS) is 11.5. The van der Waals surface area contributed by atoms with Crippen LogP contribution in [0.4, 0.5) is 0 Å². The Morgan fingerprint density at radius 1 is 1.00 bits per heavy atom. The van der Waals surface area contributed by atoms with E-state index in [1.165, 1.54) is 0 Å². The van der Waals surface area contributed by atoms with Crippen molar-refractivity contribution in [2.45, 2.75) is 19.4 Å². The van der Waals surface area contributed by atoms with Crippen LogP contribution >= 0.6 is 15.9 Å². The number of hydrogen-bond donors (Lipinski definition) is 1. The largest absolute Gasteiger partial charge is 0.384 e. The predicted molar refractivity (Wildman–Crippen MR) is 93.6 cm³/mol. The minimum atomic E-state index is -1.04. The standard InChI is InChI=1S/C18H16BrN3O/c1-18(2,23)17-9-12(13-7-14(19)11-20-10-13)8-16(22-17)15-5-3-4-6-21-15/h3-11,23H,1-2H3. The van der Waals surface area contributed by atoms with Crippen LogP contribution < -0.4 is 0 Å². The van der Waals surface area contributed by atoms with Crippen LogP contribution in [0.3, 0.4) is 0 Å². The zero-order valence-corrected chi connectivity index (χ0v) is 14.4. The molecule has 0 aliphatic heterocycles. The highest BCUT2D eigenvalue weighted by atomic mass is 79.9. The van der Waals surface area contributed by atoms with Crippen molar-refractivity contribution in [3.63, 3.8) is 0 Å². The molecule has 0 bridgehead atoms. The molecule has 0 fully saturated rings. The van der Waals surface area contributed by atoms with Crippen LogP contribution in [0.5, 0.6) is 0 Å². The molecule has 3 rings (SSSR count). The van der Waals surface area contributed by atoms with E-state index in [2.05, 4.69) is 30.9 Å². The van der Waals surface area contributed by atoms with Gasteiger partial charge in [0.1, 0.15) is 5.60 Å². The van der Waals surface area contributed by atoms with E-state index >= 15 is 0 Å². The number of aliphatic hydroxyl groups is 1. The van der Waals surface area contributed by atoms with Crippen LogP contribution in [0.1, 0.15) is 19.5 Å². The zero-order valence-electron chi connectivity index (χ0n) is 12.9. The Kier molecular flexibility index (Phi) is 4.24. The first-order chi connectivity index (χ1) is 10.9. The highest BCUT2D eigenvalue weighted by molar-refractivity contribution is 9.10. The van der Waals surface area contributed by atoms with Gasteiger partial charge in [-0.15, -0.1) is 0 Å². The van der Waals surface area contributed by atoms with Gasteiger partial charge in [-0.05, 0) is 65.7 Å². The molecule has 0 saturated heterocycles. The summed E-state index contributed by atoms with van der Waals surface area (Å²) in [5.41, 5.74) is 2.92. The zero-order chi connectivity index (χ0) is 16.4. The summed E-state index contributed by atoms with van der Waals surface area (Å²) in [6.45, 7) is 3.45. The molecule has 0 unspecified atom stereocenters. The van der Waals surface area contributed by atoms with E-state index in [4.69, 9.17) is 0 Å². The summed E-state index contributed by atoms with van der Waals surface area (Å²) in [4.78, 5) is 13.1. The number of nitrogens with zero attached hydrogens (tertiary/aromatic N) is 3. The maximum absolute atomic E-state index is 10.4. The van der Waals surface area contributed by atoms with Crippen LogP contribution in [0.15, 0.2) is 59.5 Å². The Bertz CT molecular complexity index is 829. The van der Waals surface area contributed by atoms with Crippen LogP contribution in [-0.4, -0.2) is 20.1 Å². The second-order valence-electron chi connectivity index (χ2n) is 5.79. The second kappa shape index (κ2) is 6.18. The Labute approximate surface area is 143 Å². The second-order valence-corrected chi connectivity index (χ2v) is 6.71. The van der Waals surface area contributed by atoms with Gasteiger partial charge >= 0.3 is 0 Å². The fourth-order valence-electron chi connectivity index (χ4n) is 2.23. The Morgan fingerprint density at radius 2 is 1.83 bits per heavy atom. The Morgan fingerprint density at radius 3 is 2.48 bits per heavy atom. The molecule has 1 N–H and O–H groups in total. The van der Waals surface area contributed by atoms with Crippen molar-refractivity contribution in [2.75, 3.05) is 0 Å². The van der Waals surface area contributed by atoms with Crippen molar-refractivity contribution in [2.24, 2.45) is 0 Å². The molecule has 0 aliphatic carbocycles. The molecule has 0 radical (unpaired) electrons. The van der Waals surface area contributed by atoms with Gasteiger partial charge in [0.05, 0.1) is 17.1 Å². The minimum Gasteiger partial charge on any atom is -0.384 e. The predicted octanol–water partition coefficient (Wildman–Crippen LogP) is 4.20. The average molecular weight is 370 g/mol. The van der Waals surface area contributed by atoms with E-state index in [-0.39, 0.29) is 0 Å². The molecule has 0 saturated carbocycles.